The molecule has 266 valence electrons. The second-order valence-corrected chi connectivity index (χ2v) is 13.3. The summed E-state index contributed by atoms with van der Waals surface area (Å²) in [7, 11) is 0. The number of benzene rings is 3. The molecule has 0 bridgehead atoms. The zero-order chi connectivity index (χ0) is 35.6. The lowest BCUT2D eigenvalue weighted by Gasteiger charge is -2.26. The van der Waals surface area contributed by atoms with Gasteiger partial charge in [0.2, 0.25) is 0 Å². The summed E-state index contributed by atoms with van der Waals surface area (Å²) in [6.45, 7) is 12.9. The Balaban J connectivity index is 1.21. The van der Waals surface area contributed by atoms with E-state index in [1.165, 1.54) is 0 Å². The third-order valence-electron chi connectivity index (χ3n) is 10.1. The maximum Gasteiger partial charge on any atom is 0.338 e. The highest BCUT2D eigenvalue weighted by Crippen LogP contribution is 2.42. The Morgan fingerprint density at radius 2 is 1.56 bits per heavy atom. The Bertz CT molecular complexity index is 1860. The number of aliphatic hydroxyl groups excluding tert-OH is 2. The maximum atomic E-state index is 13.6. The molecule has 0 saturated heterocycles. The highest BCUT2D eigenvalue weighted by molar-refractivity contribution is 6.08. The molecule has 0 saturated carbocycles. The van der Waals surface area contributed by atoms with Crippen LogP contribution in [0.4, 0.5) is 5.69 Å². The largest absolute Gasteiger partial charge is 0.462 e. The molecule has 1 heterocycles. The van der Waals surface area contributed by atoms with Crippen molar-refractivity contribution in [2.45, 2.75) is 98.2 Å². The standard InChI is InChI=1S/C43H54N2O5/c1-6-44-32-21-23-36-39(27-32)50-40-28-33(45(7-2)8-3)22-24-37(40)41(36)34-19-15-16-20-35(34)43(48)49-25-17-13-11-9-10-12-14-18-31-26-38(46)29(4)30(5)42(31)47/h15-16,19-24,26-28,38,42,46-47H,6-14,17-18,25H2,1-5H3. The molecule has 5 rings (SSSR count). The number of carbonyl (C=O) groups excluding carboxylic acids is 1. The molecular formula is C43H54N2O5. The summed E-state index contributed by atoms with van der Waals surface area (Å²) in [5, 5.41) is 22.5. The number of unbranched alkanes of at least 4 members (excludes halogenated alkanes) is 6. The highest BCUT2D eigenvalue weighted by atomic mass is 16.5. The van der Waals surface area contributed by atoms with Crippen molar-refractivity contribution < 1.29 is 24.2 Å². The van der Waals surface area contributed by atoms with Gasteiger partial charge in [-0.1, -0.05) is 50.3 Å². The van der Waals surface area contributed by atoms with Gasteiger partial charge in [-0.25, -0.2) is 4.79 Å². The predicted octanol–water partition coefficient (Wildman–Crippen LogP) is 9.25. The van der Waals surface area contributed by atoms with Crippen molar-refractivity contribution in [1.29, 1.82) is 0 Å². The average molecular weight is 679 g/mol. The molecule has 2 aliphatic carbocycles. The molecule has 50 heavy (non-hydrogen) atoms. The SMILES string of the molecule is CCN=c1ccc2c(-c3ccccc3C(=O)OCCCCCCCCCC3=CC(O)C(C)=C(C)C3O)c3ccc(N(CC)CC)cc3oc-2c1. The summed E-state index contributed by atoms with van der Waals surface area (Å²) in [4.78, 5) is 20.5. The normalized spacial score (nSPS) is 16.7. The number of nitrogens with zero attached hydrogens (tertiary/aromatic N) is 2. The number of ether oxygens (including phenoxy) is 1. The van der Waals surface area contributed by atoms with Crippen molar-refractivity contribution >= 4 is 22.6 Å². The van der Waals surface area contributed by atoms with Crippen LogP contribution in [0, 0.1) is 0 Å². The van der Waals surface area contributed by atoms with E-state index in [2.05, 4.69) is 41.9 Å². The van der Waals surface area contributed by atoms with Crippen molar-refractivity contribution in [2.24, 2.45) is 4.99 Å². The number of aliphatic hydroxyl groups is 2. The summed E-state index contributed by atoms with van der Waals surface area (Å²) in [6.07, 6.45) is 8.76. The minimum atomic E-state index is -0.577. The fourth-order valence-electron chi connectivity index (χ4n) is 7.03. The lowest BCUT2D eigenvalue weighted by atomic mass is 9.86. The van der Waals surface area contributed by atoms with Crippen LogP contribution in [0.25, 0.3) is 33.4 Å². The molecule has 0 aromatic heterocycles. The topological polar surface area (TPSA) is 95.5 Å². The molecule has 0 spiro atoms. The second-order valence-electron chi connectivity index (χ2n) is 13.3. The molecule has 7 heteroatoms. The first-order valence-electron chi connectivity index (χ1n) is 18.5. The van der Waals surface area contributed by atoms with Gasteiger partial charge in [0, 0.05) is 54.0 Å². The first-order chi connectivity index (χ1) is 24.3. The number of fused-ring (bicyclic) bond motifs is 2. The van der Waals surface area contributed by atoms with Crippen LogP contribution in [-0.4, -0.2) is 54.6 Å². The number of esters is 1. The van der Waals surface area contributed by atoms with Gasteiger partial charge >= 0.3 is 5.97 Å². The lowest BCUT2D eigenvalue weighted by molar-refractivity contribution is 0.0498. The number of anilines is 1. The Morgan fingerprint density at radius 3 is 2.30 bits per heavy atom. The van der Waals surface area contributed by atoms with E-state index in [1.54, 1.807) is 0 Å². The molecule has 1 aliphatic heterocycles. The minimum Gasteiger partial charge on any atom is -0.462 e. The van der Waals surface area contributed by atoms with Gasteiger partial charge in [-0.15, -0.1) is 0 Å². The Labute approximate surface area is 297 Å². The van der Waals surface area contributed by atoms with Crippen LogP contribution in [-0.2, 0) is 4.74 Å². The van der Waals surface area contributed by atoms with E-state index < -0.39 is 12.2 Å². The van der Waals surface area contributed by atoms with E-state index in [0.717, 1.165) is 126 Å². The summed E-state index contributed by atoms with van der Waals surface area (Å²) >= 11 is 0. The van der Waals surface area contributed by atoms with Crippen LogP contribution in [0.2, 0.25) is 0 Å². The molecule has 0 radical (unpaired) electrons. The monoisotopic (exact) mass is 678 g/mol. The fraction of sp³-hybridized carbons (Fsp3) is 0.442. The van der Waals surface area contributed by atoms with E-state index in [1.807, 2.05) is 69.3 Å². The van der Waals surface area contributed by atoms with E-state index >= 15 is 0 Å². The van der Waals surface area contributed by atoms with Gasteiger partial charge in [0.25, 0.3) is 0 Å². The van der Waals surface area contributed by atoms with Crippen LogP contribution < -0.4 is 10.3 Å². The smallest absolute Gasteiger partial charge is 0.338 e. The summed E-state index contributed by atoms with van der Waals surface area (Å²) < 4.78 is 12.4. The van der Waals surface area contributed by atoms with Crippen LogP contribution in [0.5, 0.6) is 0 Å². The Morgan fingerprint density at radius 1 is 0.840 bits per heavy atom. The molecule has 0 amide bonds. The minimum absolute atomic E-state index is 0.315. The third kappa shape index (κ3) is 8.56. The van der Waals surface area contributed by atoms with Crippen molar-refractivity contribution in [1.82, 2.24) is 0 Å². The molecule has 2 atom stereocenters. The Hall–Kier alpha value is -4.20. The maximum absolute atomic E-state index is 13.6. The zero-order valence-corrected chi connectivity index (χ0v) is 30.5. The summed E-state index contributed by atoms with van der Waals surface area (Å²) in [5.74, 6) is 0.413. The summed E-state index contributed by atoms with van der Waals surface area (Å²) in [6, 6.07) is 20.1. The lowest BCUT2D eigenvalue weighted by Crippen LogP contribution is -2.24. The van der Waals surface area contributed by atoms with Crippen molar-refractivity contribution in [3.05, 3.63) is 94.4 Å². The van der Waals surface area contributed by atoms with Crippen LogP contribution in [0.3, 0.4) is 0 Å². The number of rotatable bonds is 16. The van der Waals surface area contributed by atoms with E-state index in [4.69, 9.17) is 9.15 Å². The summed E-state index contributed by atoms with van der Waals surface area (Å²) in [5.41, 5.74) is 7.78. The zero-order valence-electron chi connectivity index (χ0n) is 30.5. The number of carbonyl (C=O) groups is 1. The van der Waals surface area contributed by atoms with E-state index in [9.17, 15) is 15.0 Å². The van der Waals surface area contributed by atoms with Gasteiger partial charge < -0.3 is 24.3 Å². The molecule has 2 aromatic carbocycles. The van der Waals surface area contributed by atoms with Gasteiger partial charge in [0.1, 0.15) is 11.3 Å². The molecule has 7 nitrogen and oxygen atoms in total. The van der Waals surface area contributed by atoms with Gasteiger partial charge in [-0.2, -0.15) is 0 Å². The molecule has 2 N–H and O–H groups in total. The molecular weight excluding hydrogens is 624 g/mol. The Kier molecular flexibility index (Phi) is 13.1. The number of hydrogen-bond acceptors (Lipinski definition) is 7. The van der Waals surface area contributed by atoms with Crippen LogP contribution >= 0.6 is 0 Å². The van der Waals surface area contributed by atoms with Crippen LogP contribution in [0.1, 0.15) is 96.3 Å². The van der Waals surface area contributed by atoms with E-state index in [0.29, 0.717) is 18.7 Å². The molecule has 0 fully saturated rings. The van der Waals surface area contributed by atoms with Crippen molar-refractivity contribution in [3.8, 4) is 22.5 Å². The van der Waals surface area contributed by atoms with Gasteiger partial charge in [-0.05, 0) is 113 Å². The molecule has 2 unspecified atom stereocenters. The first kappa shape index (κ1) is 37.1. The van der Waals surface area contributed by atoms with Gasteiger partial charge in [0.05, 0.1) is 29.7 Å². The number of hydrogen-bond donors (Lipinski definition) is 2. The molecule has 2 aromatic rings. The van der Waals surface area contributed by atoms with Crippen molar-refractivity contribution in [3.63, 3.8) is 0 Å². The van der Waals surface area contributed by atoms with Gasteiger partial charge in [0.15, 0.2) is 0 Å². The predicted molar refractivity (Wildman–Crippen MR) is 204 cm³/mol. The van der Waals surface area contributed by atoms with E-state index in [-0.39, 0.29) is 5.97 Å². The average Bonchev–Trinajstić information content (AvgIpc) is 3.13. The molecule has 3 aliphatic rings. The highest BCUT2D eigenvalue weighted by Gasteiger charge is 2.24. The first-order valence-corrected chi connectivity index (χ1v) is 18.5. The quantitative estimate of drug-likeness (QED) is 0.0531. The fourth-order valence-corrected chi connectivity index (χ4v) is 7.03. The van der Waals surface area contributed by atoms with Crippen molar-refractivity contribution in [2.75, 3.05) is 31.1 Å². The van der Waals surface area contributed by atoms with Gasteiger partial charge in [-0.3, -0.25) is 4.99 Å². The second kappa shape index (κ2) is 17.6. The third-order valence-corrected chi connectivity index (χ3v) is 10.1. The van der Waals surface area contributed by atoms with Crippen LogP contribution in [0.15, 0.2) is 92.9 Å².